The van der Waals surface area contributed by atoms with Crippen molar-refractivity contribution in [1.29, 1.82) is 0 Å². The van der Waals surface area contributed by atoms with Crippen molar-refractivity contribution < 1.29 is 4.79 Å². The van der Waals surface area contributed by atoms with Gasteiger partial charge in [-0.1, -0.05) is 42.5 Å². The number of carbonyl (C=O) groups excluding carboxylic acids is 1. The lowest BCUT2D eigenvalue weighted by atomic mass is 9.82. The molecule has 1 atom stereocenters. The third-order valence-corrected chi connectivity index (χ3v) is 4.85. The molecule has 0 unspecified atom stereocenters. The van der Waals surface area contributed by atoms with Gasteiger partial charge in [0.1, 0.15) is 0 Å². The van der Waals surface area contributed by atoms with Gasteiger partial charge in [0.2, 0.25) is 5.91 Å². The summed E-state index contributed by atoms with van der Waals surface area (Å²) in [5.74, 6) is 0.214. The van der Waals surface area contributed by atoms with Crippen molar-refractivity contribution in [2.45, 2.75) is 31.6 Å². The van der Waals surface area contributed by atoms with Crippen LogP contribution in [0.3, 0.4) is 0 Å². The van der Waals surface area contributed by atoms with Gasteiger partial charge in [-0.15, -0.1) is 0 Å². The molecule has 24 heavy (non-hydrogen) atoms. The van der Waals surface area contributed by atoms with Crippen LogP contribution in [0.2, 0.25) is 0 Å². The molecule has 0 saturated heterocycles. The molecule has 0 heterocycles. The predicted molar refractivity (Wildman–Crippen MR) is 99.5 cm³/mol. The second-order valence-corrected chi connectivity index (χ2v) is 6.55. The van der Waals surface area contributed by atoms with Gasteiger partial charge in [-0.3, -0.25) is 4.79 Å². The first-order chi connectivity index (χ1) is 11.8. The monoisotopic (exact) mass is 322 g/mol. The summed E-state index contributed by atoms with van der Waals surface area (Å²) >= 11 is 0. The maximum atomic E-state index is 12.6. The molecular formula is C21H26N2O. The lowest BCUT2D eigenvalue weighted by Crippen LogP contribution is -2.33. The molecule has 0 bridgehead atoms. The van der Waals surface area contributed by atoms with Crippen molar-refractivity contribution in [1.82, 2.24) is 5.32 Å². The third kappa shape index (κ3) is 3.97. The Kier molecular flexibility index (Phi) is 5.52. The van der Waals surface area contributed by atoms with E-state index in [2.05, 4.69) is 47.6 Å². The summed E-state index contributed by atoms with van der Waals surface area (Å²) in [7, 11) is 2.09. The molecule has 126 valence electrons. The van der Waals surface area contributed by atoms with Crippen molar-refractivity contribution in [3.63, 3.8) is 0 Å². The summed E-state index contributed by atoms with van der Waals surface area (Å²) in [6.45, 7) is 1.67. The maximum absolute atomic E-state index is 12.6. The lowest BCUT2D eigenvalue weighted by Gasteiger charge is -2.25. The van der Waals surface area contributed by atoms with E-state index in [1.54, 1.807) is 0 Å². The van der Waals surface area contributed by atoms with E-state index < -0.39 is 0 Å². The fourth-order valence-corrected chi connectivity index (χ4v) is 3.49. The van der Waals surface area contributed by atoms with Crippen LogP contribution in [0, 0.1) is 0 Å². The van der Waals surface area contributed by atoms with E-state index >= 15 is 0 Å². The number of nitrogens with one attached hydrogen (secondary N) is 1. The van der Waals surface area contributed by atoms with E-state index in [0.717, 1.165) is 38.8 Å². The number of fused-ring (bicyclic) bond motifs is 1. The van der Waals surface area contributed by atoms with E-state index in [9.17, 15) is 4.79 Å². The number of hydrogen-bond acceptors (Lipinski definition) is 2. The van der Waals surface area contributed by atoms with Gasteiger partial charge < -0.3 is 10.2 Å². The molecule has 0 spiro atoms. The van der Waals surface area contributed by atoms with Gasteiger partial charge in [0, 0.05) is 25.8 Å². The normalized spacial score (nSPS) is 16.3. The minimum atomic E-state index is 0.0294. The van der Waals surface area contributed by atoms with Crippen LogP contribution in [0.5, 0.6) is 0 Å². The maximum Gasteiger partial charge on any atom is 0.227 e. The van der Waals surface area contributed by atoms with E-state index in [4.69, 9.17) is 0 Å². The zero-order valence-corrected chi connectivity index (χ0v) is 14.4. The summed E-state index contributed by atoms with van der Waals surface area (Å²) in [6, 6.07) is 18.7. The molecule has 1 amide bonds. The summed E-state index contributed by atoms with van der Waals surface area (Å²) in [6.07, 6.45) is 4.12. The molecule has 1 aliphatic rings. The first-order valence-corrected chi connectivity index (χ1v) is 8.87. The van der Waals surface area contributed by atoms with Gasteiger partial charge >= 0.3 is 0 Å². The molecule has 3 nitrogen and oxygen atoms in total. The molecule has 2 aromatic rings. The first-order valence-electron chi connectivity index (χ1n) is 8.87. The van der Waals surface area contributed by atoms with Gasteiger partial charge in [0.15, 0.2) is 0 Å². The van der Waals surface area contributed by atoms with E-state index in [1.807, 2.05) is 24.3 Å². The Morgan fingerprint density at radius 1 is 1.12 bits per heavy atom. The topological polar surface area (TPSA) is 32.3 Å². The largest absolute Gasteiger partial charge is 0.375 e. The number of hydrogen-bond donors (Lipinski definition) is 1. The SMILES string of the molecule is CN(CCCNC(=O)[C@@H]1CCCc2ccccc21)c1ccccc1. The van der Waals surface area contributed by atoms with Crippen LogP contribution in [0.25, 0.3) is 0 Å². The molecular weight excluding hydrogens is 296 g/mol. The van der Waals surface area contributed by atoms with Crippen molar-refractivity contribution in [3.8, 4) is 0 Å². The average molecular weight is 322 g/mol. The Hall–Kier alpha value is -2.29. The van der Waals surface area contributed by atoms with Crippen LogP contribution in [-0.2, 0) is 11.2 Å². The Balaban J connectivity index is 1.47. The van der Waals surface area contributed by atoms with Crippen LogP contribution in [0.1, 0.15) is 36.3 Å². The second-order valence-electron chi connectivity index (χ2n) is 6.55. The van der Waals surface area contributed by atoms with Crippen LogP contribution < -0.4 is 10.2 Å². The highest BCUT2D eigenvalue weighted by Crippen LogP contribution is 2.31. The molecule has 0 aliphatic heterocycles. The smallest absolute Gasteiger partial charge is 0.227 e. The average Bonchev–Trinajstić information content (AvgIpc) is 2.65. The molecule has 0 fully saturated rings. The third-order valence-electron chi connectivity index (χ3n) is 4.85. The van der Waals surface area contributed by atoms with Gasteiger partial charge in [-0.2, -0.15) is 0 Å². The zero-order valence-electron chi connectivity index (χ0n) is 14.4. The van der Waals surface area contributed by atoms with Crippen molar-refractivity contribution in [2.24, 2.45) is 0 Å². The first kappa shape index (κ1) is 16.6. The lowest BCUT2D eigenvalue weighted by molar-refractivity contribution is -0.122. The Morgan fingerprint density at radius 3 is 2.71 bits per heavy atom. The molecule has 3 rings (SSSR count). The highest BCUT2D eigenvalue weighted by Gasteiger charge is 2.25. The van der Waals surface area contributed by atoms with Crippen molar-refractivity contribution in [2.75, 3.05) is 25.0 Å². The molecule has 0 aromatic heterocycles. The molecule has 2 aromatic carbocycles. The van der Waals surface area contributed by atoms with Gasteiger partial charge in [0.05, 0.1) is 5.92 Å². The minimum absolute atomic E-state index is 0.0294. The number of carbonyl (C=O) groups is 1. The number of para-hydroxylation sites is 1. The van der Waals surface area contributed by atoms with E-state index in [0.29, 0.717) is 0 Å². The Morgan fingerprint density at radius 2 is 1.88 bits per heavy atom. The standard InChI is InChI=1S/C21H26N2O/c1-23(18-11-3-2-4-12-18)16-8-15-22-21(24)20-14-7-10-17-9-5-6-13-19(17)20/h2-6,9,11-13,20H,7-8,10,14-16H2,1H3,(H,22,24)/t20-/m1/s1. The Bertz CT molecular complexity index is 669. The highest BCUT2D eigenvalue weighted by atomic mass is 16.1. The number of benzene rings is 2. The fourth-order valence-electron chi connectivity index (χ4n) is 3.49. The summed E-state index contributed by atoms with van der Waals surface area (Å²) in [5, 5.41) is 3.13. The fraction of sp³-hybridized carbons (Fsp3) is 0.381. The van der Waals surface area contributed by atoms with Crippen LogP contribution in [-0.4, -0.2) is 26.0 Å². The number of amides is 1. The predicted octanol–water partition coefficient (Wildman–Crippen LogP) is 3.75. The van der Waals surface area contributed by atoms with Crippen molar-refractivity contribution in [3.05, 3.63) is 65.7 Å². The molecule has 1 N–H and O–H groups in total. The molecule has 0 radical (unpaired) electrons. The summed E-state index contributed by atoms with van der Waals surface area (Å²) < 4.78 is 0. The van der Waals surface area contributed by atoms with Crippen LogP contribution in [0.15, 0.2) is 54.6 Å². The quantitative estimate of drug-likeness (QED) is 0.822. The molecule has 1 aliphatic carbocycles. The summed E-state index contributed by atoms with van der Waals surface area (Å²) in [4.78, 5) is 14.8. The zero-order chi connectivity index (χ0) is 16.8. The van der Waals surface area contributed by atoms with E-state index in [-0.39, 0.29) is 11.8 Å². The molecule has 0 saturated carbocycles. The second kappa shape index (κ2) is 8.00. The van der Waals surface area contributed by atoms with Crippen LogP contribution >= 0.6 is 0 Å². The van der Waals surface area contributed by atoms with Crippen LogP contribution in [0.4, 0.5) is 5.69 Å². The van der Waals surface area contributed by atoms with E-state index in [1.165, 1.54) is 16.8 Å². The summed E-state index contributed by atoms with van der Waals surface area (Å²) in [5.41, 5.74) is 3.78. The minimum Gasteiger partial charge on any atom is -0.375 e. The molecule has 3 heteroatoms. The number of rotatable bonds is 6. The Labute approximate surface area is 144 Å². The number of nitrogens with zero attached hydrogens (tertiary/aromatic N) is 1. The number of aryl methyl sites for hydroxylation is 1. The van der Waals surface area contributed by atoms with Crippen molar-refractivity contribution >= 4 is 11.6 Å². The number of anilines is 1. The highest BCUT2D eigenvalue weighted by molar-refractivity contribution is 5.84. The van der Waals surface area contributed by atoms with Gasteiger partial charge in [0.25, 0.3) is 0 Å². The van der Waals surface area contributed by atoms with Gasteiger partial charge in [-0.05, 0) is 48.9 Å². The van der Waals surface area contributed by atoms with Gasteiger partial charge in [-0.25, -0.2) is 0 Å².